The van der Waals surface area contributed by atoms with E-state index < -0.39 is 0 Å². The molecular weight excluding hydrogens is 280 g/mol. The Morgan fingerprint density at radius 3 is 2.77 bits per heavy atom. The molecule has 1 aliphatic heterocycles. The zero-order valence-electron chi connectivity index (χ0n) is 12.9. The molecular formula is C17H22N2O3. The zero-order chi connectivity index (χ0) is 15.5. The summed E-state index contributed by atoms with van der Waals surface area (Å²) < 4.78 is 5.17. The highest BCUT2D eigenvalue weighted by Crippen LogP contribution is 2.30. The molecule has 22 heavy (non-hydrogen) atoms. The number of ether oxygens (including phenoxy) is 1. The number of carbonyl (C=O) groups is 2. The van der Waals surface area contributed by atoms with Crippen LogP contribution in [0.5, 0.6) is 5.75 Å². The maximum absolute atomic E-state index is 12.6. The number of fused-ring (bicyclic) bond motifs is 1. The number of benzene rings is 1. The van der Waals surface area contributed by atoms with E-state index in [4.69, 9.17) is 4.74 Å². The van der Waals surface area contributed by atoms with E-state index in [1.165, 1.54) is 19.3 Å². The van der Waals surface area contributed by atoms with E-state index in [1.54, 1.807) is 30.2 Å². The Morgan fingerprint density at radius 1 is 1.27 bits per heavy atom. The molecule has 1 N–H and O–H groups in total. The number of nitrogens with one attached hydrogen (secondary N) is 1. The molecule has 0 saturated heterocycles. The first-order chi connectivity index (χ1) is 10.7. The highest BCUT2D eigenvalue weighted by molar-refractivity contribution is 6.08. The van der Waals surface area contributed by atoms with E-state index in [1.807, 2.05) is 0 Å². The predicted octanol–water partition coefficient (Wildman–Crippen LogP) is 3.13. The van der Waals surface area contributed by atoms with Gasteiger partial charge >= 0.3 is 6.03 Å². The van der Waals surface area contributed by atoms with Crippen LogP contribution in [0.2, 0.25) is 0 Å². The van der Waals surface area contributed by atoms with E-state index in [-0.39, 0.29) is 17.9 Å². The number of hydrogen-bond donors (Lipinski definition) is 1. The van der Waals surface area contributed by atoms with Crippen molar-refractivity contribution in [3.8, 4) is 5.75 Å². The maximum Gasteiger partial charge on any atom is 0.322 e. The van der Waals surface area contributed by atoms with E-state index in [0.717, 1.165) is 12.8 Å². The van der Waals surface area contributed by atoms with Crippen LogP contribution in [-0.2, 0) is 0 Å². The number of amides is 2. The molecule has 1 aliphatic carbocycles. The number of rotatable bonds is 2. The number of hydrogen-bond acceptors (Lipinski definition) is 3. The molecule has 0 radical (unpaired) electrons. The van der Waals surface area contributed by atoms with Crippen LogP contribution in [0.25, 0.3) is 0 Å². The zero-order valence-corrected chi connectivity index (χ0v) is 12.9. The van der Waals surface area contributed by atoms with Gasteiger partial charge in [-0.3, -0.25) is 9.69 Å². The molecule has 2 amide bonds. The van der Waals surface area contributed by atoms with Crippen LogP contribution in [0.4, 0.5) is 10.5 Å². The lowest BCUT2D eigenvalue weighted by molar-refractivity contribution is 0.0980. The van der Waals surface area contributed by atoms with Gasteiger partial charge in [-0.1, -0.05) is 19.3 Å². The smallest absolute Gasteiger partial charge is 0.322 e. The fraction of sp³-hybridized carbons (Fsp3) is 0.529. The van der Waals surface area contributed by atoms with Gasteiger partial charge in [-0.25, -0.2) is 4.79 Å². The molecule has 3 rings (SSSR count). The number of urea groups is 1. The van der Waals surface area contributed by atoms with E-state index in [9.17, 15) is 9.59 Å². The molecule has 1 heterocycles. The summed E-state index contributed by atoms with van der Waals surface area (Å²) in [5.74, 6) is 0.706. The Morgan fingerprint density at radius 2 is 2.05 bits per heavy atom. The minimum atomic E-state index is -0.0918. The maximum atomic E-state index is 12.6. The minimum Gasteiger partial charge on any atom is -0.497 e. The molecule has 5 heteroatoms. The summed E-state index contributed by atoms with van der Waals surface area (Å²) >= 11 is 0. The first-order valence-electron chi connectivity index (χ1n) is 7.98. The number of methoxy groups -OCH3 is 1. The van der Waals surface area contributed by atoms with Crippen molar-refractivity contribution in [2.24, 2.45) is 0 Å². The number of Topliss-reactive ketones (excluding diaryl/α,β-unsaturated/α-hetero) is 1. The van der Waals surface area contributed by atoms with Crippen LogP contribution in [0.1, 0.15) is 48.9 Å². The second-order valence-corrected chi connectivity index (χ2v) is 5.99. The molecule has 1 aromatic carbocycles. The normalized spacial score (nSPS) is 18.8. The predicted molar refractivity (Wildman–Crippen MR) is 84.7 cm³/mol. The number of anilines is 1. The third kappa shape index (κ3) is 2.93. The lowest BCUT2D eigenvalue weighted by atomic mass is 9.95. The fourth-order valence-corrected chi connectivity index (χ4v) is 3.28. The third-order valence-corrected chi connectivity index (χ3v) is 4.54. The van der Waals surface area contributed by atoms with E-state index >= 15 is 0 Å². The van der Waals surface area contributed by atoms with E-state index in [0.29, 0.717) is 30.0 Å². The lowest BCUT2D eigenvalue weighted by Crippen LogP contribution is -2.48. The van der Waals surface area contributed by atoms with Crippen molar-refractivity contribution in [2.75, 3.05) is 18.6 Å². The molecule has 0 unspecified atom stereocenters. The summed E-state index contributed by atoms with van der Waals surface area (Å²) in [4.78, 5) is 26.3. The second-order valence-electron chi connectivity index (χ2n) is 5.99. The standard InChI is InChI=1S/C17H22N2O3/c1-22-13-7-8-15-14(11-13)16(20)9-10-19(15)17(21)18-12-5-3-2-4-6-12/h7-8,11-12H,2-6,9-10H2,1H3,(H,18,21). The molecule has 0 bridgehead atoms. The molecule has 118 valence electrons. The van der Waals surface area contributed by atoms with Crippen molar-refractivity contribution in [1.29, 1.82) is 0 Å². The van der Waals surface area contributed by atoms with Gasteiger partial charge in [0.15, 0.2) is 5.78 Å². The first kappa shape index (κ1) is 14.9. The number of nitrogens with zero attached hydrogens (tertiary/aromatic N) is 1. The van der Waals surface area contributed by atoms with Gasteiger partial charge in [0.05, 0.1) is 12.8 Å². The minimum absolute atomic E-state index is 0.0654. The highest BCUT2D eigenvalue weighted by Gasteiger charge is 2.29. The molecule has 0 aromatic heterocycles. The van der Waals surface area contributed by atoms with Crippen LogP contribution in [0, 0.1) is 0 Å². The van der Waals surface area contributed by atoms with Crippen molar-refractivity contribution in [3.05, 3.63) is 23.8 Å². The number of carbonyl (C=O) groups excluding carboxylic acids is 2. The Kier molecular flexibility index (Phi) is 4.32. The van der Waals surface area contributed by atoms with Crippen LogP contribution < -0.4 is 15.0 Å². The first-order valence-corrected chi connectivity index (χ1v) is 7.98. The van der Waals surface area contributed by atoms with Crippen molar-refractivity contribution >= 4 is 17.5 Å². The van der Waals surface area contributed by atoms with Gasteiger partial charge in [-0.2, -0.15) is 0 Å². The summed E-state index contributed by atoms with van der Waals surface area (Å²) in [5.41, 5.74) is 1.26. The summed E-state index contributed by atoms with van der Waals surface area (Å²) in [7, 11) is 1.57. The molecule has 1 saturated carbocycles. The van der Waals surface area contributed by atoms with Gasteiger partial charge in [0, 0.05) is 24.6 Å². The quantitative estimate of drug-likeness (QED) is 0.913. The average Bonchev–Trinajstić information content (AvgIpc) is 2.56. The molecule has 5 nitrogen and oxygen atoms in total. The highest BCUT2D eigenvalue weighted by atomic mass is 16.5. The van der Waals surface area contributed by atoms with Crippen LogP contribution >= 0.6 is 0 Å². The topological polar surface area (TPSA) is 58.6 Å². The Hall–Kier alpha value is -2.04. The summed E-state index contributed by atoms with van der Waals surface area (Å²) in [6, 6.07) is 5.48. The van der Waals surface area contributed by atoms with Gasteiger partial charge in [0.1, 0.15) is 5.75 Å². The summed E-state index contributed by atoms with van der Waals surface area (Å²) in [6.45, 7) is 0.441. The number of ketones is 1. The third-order valence-electron chi connectivity index (χ3n) is 4.54. The molecule has 1 aromatic rings. The Bertz CT molecular complexity index is 579. The van der Waals surface area contributed by atoms with Gasteiger partial charge in [0.2, 0.25) is 0 Å². The van der Waals surface area contributed by atoms with Crippen molar-refractivity contribution < 1.29 is 14.3 Å². The molecule has 0 atom stereocenters. The van der Waals surface area contributed by atoms with Crippen molar-refractivity contribution in [3.63, 3.8) is 0 Å². The van der Waals surface area contributed by atoms with Crippen LogP contribution in [0.15, 0.2) is 18.2 Å². The van der Waals surface area contributed by atoms with Crippen molar-refractivity contribution in [2.45, 2.75) is 44.6 Å². The molecule has 1 fully saturated rings. The van der Waals surface area contributed by atoms with Gasteiger partial charge in [-0.05, 0) is 31.0 Å². The SMILES string of the molecule is COc1ccc2c(c1)C(=O)CCN2C(=O)NC1CCCCC1. The van der Waals surface area contributed by atoms with E-state index in [2.05, 4.69) is 5.32 Å². The Labute approximate surface area is 130 Å². The Balaban J connectivity index is 1.79. The average molecular weight is 302 g/mol. The second kappa shape index (κ2) is 6.38. The summed E-state index contributed by atoms with van der Waals surface area (Å²) in [5, 5.41) is 3.12. The van der Waals surface area contributed by atoms with Gasteiger partial charge in [0.25, 0.3) is 0 Å². The van der Waals surface area contributed by atoms with Gasteiger partial charge in [-0.15, -0.1) is 0 Å². The molecule has 0 spiro atoms. The van der Waals surface area contributed by atoms with Crippen LogP contribution in [0.3, 0.4) is 0 Å². The van der Waals surface area contributed by atoms with Crippen LogP contribution in [-0.4, -0.2) is 31.5 Å². The lowest BCUT2D eigenvalue weighted by Gasteiger charge is -2.31. The van der Waals surface area contributed by atoms with Crippen molar-refractivity contribution in [1.82, 2.24) is 5.32 Å². The van der Waals surface area contributed by atoms with Gasteiger partial charge < -0.3 is 10.1 Å². The largest absolute Gasteiger partial charge is 0.497 e. The monoisotopic (exact) mass is 302 g/mol. The fourth-order valence-electron chi connectivity index (χ4n) is 3.28. The molecule has 2 aliphatic rings. The summed E-state index contributed by atoms with van der Waals surface area (Å²) in [6.07, 6.45) is 6.07.